The third kappa shape index (κ3) is 4.45. The molecule has 1 fully saturated rings. The van der Waals surface area contributed by atoms with E-state index in [1.807, 2.05) is 4.90 Å². The van der Waals surface area contributed by atoms with Crippen molar-refractivity contribution in [2.75, 3.05) is 43.6 Å². The largest absolute Gasteiger partial charge is 0.495 e. The van der Waals surface area contributed by atoms with Crippen LogP contribution in [0.5, 0.6) is 5.75 Å². The van der Waals surface area contributed by atoms with Crippen LogP contribution in [-0.2, 0) is 4.74 Å². The number of benzene rings is 2. The molecule has 2 aromatic rings. The van der Waals surface area contributed by atoms with Gasteiger partial charge in [-0.2, -0.15) is 0 Å². The van der Waals surface area contributed by atoms with Gasteiger partial charge in [0.25, 0.3) is 11.6 Å². The van der Waals surface area contributed by atoms with E-state index >= 15 is 0 Å². The van der Waals surface area contributed by atoms with Crippen molar-refractivity contribution in [1.29, 1.82) is 0 Å². The summed E-state index contributed by atoms with van der Waals surface area (Å²) in [6, 6.07) is 7.81. The minimum Gasteiger partial charge on any atom is -0.495 e. The van der Waals surface area contributed by atoms with Gasteiger partial charge in [0.05, 0.1) is 46.7 Å². The zero-order valence-electron chi connectivity index (χ0n) is 14.9. The maximum atomic E-state index is 12.9. The lowest BCUT2D eigenvalue weighted by molar-refractivity contribution is -0.384. The van der Waals surface area contributed by atoms with Crippen molar-refractivity contribution in [2.24, 2.45) is 0 Å². The van der Waals surface area contributed by atoms with Gasteiger partial charge in [-0.15, -0.1) is 0 Å². The number of morpholine rings is 1. The smallest absolute Gasteiger partial charge is 0.271 e. The predicted octanol–water partition coefficient (Wildman–Crippen LogP) is 4.22. The van der Waals surface area contributed by atoms with Crippen molar-refractivity contribution >= 4 is 54.8 Å². The van der Waals surface area contributed by atoms with Crippen molar-refractivity contribution < 1.29 is 19.2 Å². The van der Waals surface area contributed by atoms with Crippen LogP contribution in [0.15, 0.2) is 39.3 Å². The number of methoxy groups -OCH3 is 1. The molecule has 1 aliphatic rings. The van der Waals surface area contributed by atoms with Gasteiger partial charge in [0, 0.05) is 29.7 Å². The molecule has 1 N–H and O–H groups in total. The first-order valence-electron chi connectivity index (χ1n) is 8.36. The van der Waals surface area contributed by atoms with Crippen LogP contribution in [0.2, 0.25) is 0 Å². The monoisotopic (exact) mass is 513 g/mol. The summed E-state index contributed by atoms with van der Waals surface area (Å²) in [4.78, 5) is 25.6. The SMILES string of the molecule is COc1c(Br)cc(Br)cc1C(=O)Nc1ccc([N+](=O)[O-])cc1N1CCOCC1. The van der Waals surface area contributed by atoms with E-state index in [1.165, 1.54) is 19.2 Å². The second kappa shape index (κ2) is 8.89. The highest BCUT2D eigenvalue weighted by Crippen LogP contribution is 2.35. The molecule has 0 spiro atoms. The number of rotatable bonds is 5. The maximum absolute atomic E-state index is 12.9. The molecule has 0 saturated carbocycles. The number of anilines is 2. The number of nitro groups is 1. The van der Waals surface area contributed by atoms with E-state index < -0.39 is 4.92 Å². The van der Waals surface area contributed by atoms with E-state index in [9.17, 15) is 14.9 Å². The minimum atomic E-state index is -0.454. The molecule has 1 aliphatic heterocycles. The predicted molar refractivity (Wildman–Crippen MR) is 112 cm³/mol. The summed E-state index contributed by atoms with van der Waals surface area (Å²) in [6.45, 7) is 2.19. The van der Waals surface area contributed by atoms with Crippen LogP contribution < -0.4 is 15.0 Å². The van der Waals surface area contributed by atoms with Crippen molar-refractivity contribution in [3.8, 4) is 5.75 Å². The number of carbonyl (C=O) groups is 1. The standard InChI is InChI=1S/C18H17Br2N3O5/c1-27-17-13(8-11(19)9-14(17)20)18(24)21-15-3-2-12(23(25)26)10-16(15)22-4-6-28-7-5-22/h2-3,8-10H,4-7H2,1H3,(H,21,24). The van der Waals surface area contributed by atoms with Gasteiger partial charge in [-0.25, -0.2) is 0 Å². The van der Waals surface area contributed by atoms with E-state index in [0.717, 1.165) is 0 Å². The lowest BCUT2D eigenvalue weighted by Crippen LogP contribution is -2.36. The number of nitro benzene ring substituents is 1. The summed E-state index contributed by atoms with van der Waals surface area (Å²) >= 11 is 6.75. The fraction of sp³-hybridized carbons (Fsp3) is 0.278. The van der Waals surface area contributed by atoms with Gasteiger partial charge in [-0.05, 0) is 34.1 Å². The lowest BCUT2D eigenvalue weighted by Gasteiger charge is -2.30. The van der Waals surface area contributed by atoms with Gasteiger partial charge in [-0.3, -0.25) is 14.9 Å². The van der Waals surface area contributed by atoms with Crippen LogP contribution in [0.3, 0.4) is 0 Å². The summed E-state index contributed by atoms with van der Waals surface area (Å²) in [7, 11) is 1.48. The molecule has 10 heteroatoms. The Bertz CT molecular complexity index is 916. The zero-order valence-corrected chi connectivity index (χ0v) is 18.1. The molecule has 148 valence electrons. The minimum absolute atomic E-state index is 0.0396. The Hall–Kier alpha value is -2.17. The van der Waals surface area contributed by atoms with Crippen LogP contribution in [0.25, 0.3) is 0 Å². The van der Waals surface area contributed by atoms with E-state index in [2.05, 4.69) is 37.2 Å². The summed E-state index contributed by atoms with van der Waals surface area (Å²) in [5.41, 5.74) is 1.35. The normalized spacial score (nSPS) is 13.9. The molecule has 0 radical (unpaired) electrons. The molecule has 8 nitrogen and oxygen atoms in total. The fourth-order valence-electron chi connectivity index (χ4n) is 2.93. The van der Waals surface area contributed by atoms with E-state index in [0.29, 0.717) is 57.9 Å². The molecule has 28 heavy (non-hydrogen) atoms. The van der Waals surface area contributed by atoms with Gasteiger partial charge < -0.3 is 19.7 Å². The van der Waals surface area contributed by atoms with Gasteiger partial charge in [0.2, 0.25) is 0 Å². The molecule has 0 aromatic heterocycles. The molecule has 0 atom stereocenters. The molecule has 0 unspecified atom stereocenters. The number of nitrogens with one attached hydrogen (secondary N) is 1. The summed E-state index contributed by atoms with van der Waals surface area (Å²) in [5, 5.41) is 14.1. The van der Waals surface area contributed by atoms with E-state index in [-0.39, 0.29) is 11.6 Å². The molecular formula is C18H17Br2N3O5. The number of non-ortho nitro benzene ring substituents is 1. The van der Waals surface area contributed by atoms with Crippen LogP contribution in [0.1, 0.15) is 10.4 Å². The van der Waals surface area contributed by atoms with Crippen molar-refractivity contribution in [2.45, 2.75) is 0 Å². The number of nitrogens with zero attached hydrogens (tertiary/aromatic N) is 2. The number of ether oxygens (including phenoxy) is 2. The molecule has 0 bridgehead atoms. The quantitative estimate of drug-likeness (QED) is 0.474. The first-order chi connectivity index (χ1) is 13.4. The van der Waals surface area contributed by atoms with Crippen molar-refractivity contribution in [1.82, 2.24) is 0 Å². The maximum Gasteiger partial charge on any atom is 0.271 e. The van der Waals surface area contributed by atoms with E-state index in [1.54, 1.807) is 18.2 Å². The highest BCUT2D eigenvalue weighted by atomic mass is 79.9. The second-order valence-electron chi connectivity index (χ2n) is 5.98. The van der Waals surface area contributed by atoms with Crippen LogP contribution in [0, 0.1) is 10.1 Å². The number of halogens is 2. The topological polar surface area (TPSA) is 93.9 Å². The van der Waals surface area contributed by atoms with E-state index in [4.69, 9.17) is 9.47 Å². The lowest BCUT2D eigenvalue weighted by atomic mass is 10.1. The first kappa shape index (κ1) is 20.6. The molecule has 1 amide bonds. The molecular weight excluding hydrogens is 498 g/mol. The molecule has 3 rings (SSSR count). The van der Waals surface area contributed by atoms with Crippen molar-refractivity contribution in [3.05, 3.63) is 55.0 Å². The van der Waals surface area contributed by atoms with Crippen LogP contribution >= 0.6 is 31.9 Å². The average molecular weight is 515 g/mol. The summed E-state index contributed by atoms with van der Waals surface area (Å²) < 4.78 is 12.0. The Morgan fingerprint density at radius 2 is 1.96 bits per heavy atom. The highest BCUT2D eigenvalue weighted by molar-refractivity contribution is 9.11. The second-order valence-corrected chi connectivity index (χ2v) is 7.75. The Morgan fingerprint density at radius 3 is 2.61 bits per heavy atom. The number of amides is 1. The van der Waals surface area contributed by atoms with Gasteiger partial charge in [0.1, 0.15) is 5.75 Å². The highest BCUT2D eigenvalue weighted by Gasteiger charge is 2.22. The summed E-state index contributed by atoms with van der Waals surface area (Å²) in [6.07, 6.45) is 0. The third-order valence-corrected chi connectivity index (χ3v) is 5.30. The van der Waals surface area contributed by atoms with Gasteiger partial charge in [0.15, 0.2) is 0 Å². The first-order valence-corrected chi connectivity index (χ1v) is 9.95. The zero-order chi connectivity index (χ0) is 20.3. The van der Waals surface area contributed by atoms with Crippen molar-refractivity contribution in [3.63, 3.8) is 0 Å². The van der Waals surface area contributed by atoms with Crippen LogP contribution in [-0.4, -0.2) is 44.2 Å². The Morgan fingerprint density at radius 1 is 1.25 bits per heavy atom. The Labute approximate surface area is 178 Å². The Balaban J connectivity index is 1.97. The number of hydrogen-bond donors (Lipinski definition) is 1. The molecule has 2 aromatic carbocycles. The summed E-state index contributed by atoms with van der Waals surface area (Å²) in [5.74, 6) is 0.0118. The number of hydrogen-bond acceptors (Lipinski definition) is 6. The average Bonchev–Trinajstić information content (AvgIpc) is 2.68. The molecule has 1 saturated heterocycles. The van der Waals surface area contributed by atoms with Crippen LogP contribution in [0.4, 0.5) is 17.1 Å². The van der Waals surface area contributed by atoms with Gasteiger partial charge >= 0.3 is 0 Å². The molecule has 1 heterocycles. The molecule has 0 aliphatic carbocycles. The third-order valence-electron chi connectivity index (χ3n) is 4.25. The van der Waals surface area contributed by atoms with Gasteiger partial charge in [-0.1, -0.05) is 15.9 Å². The Kier molecular flexibility index (Phi) is 6.53. The fourth-order valence-corrected chi connectivity index (χ4v) is 4.32. The number of carbonyl (C=O) groups excluding carboxylic acids is 1.